The van der Waals surface area contributed by atoms with Crippen LogP contribution in [0.1, 0.15) is 73.4 Å². The summed E-state index contributed by atoms with van der Waals surface area (Å²) in [4.78, 5) is 38.3. The van der Waals surface area contributed by atoms with Crippen molar-refractivity contribution in [3.8, 4) is 11.8 Å². The Labute approximate surface area is 265 Å². The molecule has 0 spiro atoms. The quantitative estimate of drug-likeness (QED) is 0.135. The summed E-state index contributed by atoms with van der Waals surface area (Å²) < 4.78 is 5.69. The zero-order chi connectivity index (χ0) is 31.5. The van der Waals surface area contributed by atoms with Crippen LogP contribution in [-0.2, 0) is 26.3 Å². The average molecular weight is 601 g/mol. The van der Waals surface area contributed by atoms with Crippen molar-refractivity contribution in [1.29, 1.82) is 0 Å². The largest absolute Gasteiger partial charge is 0.493 e. The number of allylic oxidation sites excluding steroid dienone is 5. The Bertz CT molecular complexity index is 1720. The van der Waals surface area contributed by atoms with E-state index in [1.54, 1.807) is 0 Å². The summed E-state index contributed by atoms with van der Waals surface area (Å²) in [6.45, 7) is 2.54. The molecule has 6 heteroatoms. The van der Waals surface area contributed by atoms with E-state index in [9.17, 15) is 14.4 Å². The van der Waals surface area contributed by atoms with Gasteiger partial charge in [-0.15, -0.1) is 0 Å². The molecular weight excluding hydrogens is 560 g/mol. The van der Waals surface area contributed by atoms with Crippen molar-refractivity contribution in [3.63, 3.8) is 0 Å². The number of carbonyl (C=O) groups is 3. The molecule has 2 aliphatic carbocycles. The molecule has 0 unspecified atom stereocenters. The minimum absolute atomic E-state index is 0.0803. The zero-order valence-electron chi connectivity index (χ0n) is 25.9. The monoisotopic (exact) mass is 600 g/mol. The Balaban J connectivity index is 1.09. The molecule has 0 heterocycles. The van der Waals surface area contributed by atoms with Crippen LogP contribution < -0.4 is 10.6 Å². The summed E-state index contributed by atoms with van der Waals surface area (Å²) in [5.41, 5.74) is 3.19. The lowest BCUT2D eigenvalue weighted by atomic mass is 9.97. The summed E-state index contributed by atoms with van der Waals surface area (Å²) in [5.74, 6) is 5.54. The Morgan fingerprint density at radius 2 is 1.73 bits per heavy atom. The Morgan fingerprint density at radius 3 is 2.56 bits per heavy atom. The number of Topliss-reactive ketones (excluding diaryl/α,β-unsaturated/α-hetero) is 1. The van der Waals surface area contributed by atoms with Gasteiger partial charge in [0.1, 0.15) is 5.76 Å². The topological polar surface area (TPSA) is 84.5 Å². The highest BCUT2D eigenvalue weighted by Crippen LogP contribution is 2.46. The van der Waals surface area contributed by atoms with Gasteiger partial charge >= 0.3 is 0 Å². The van der Waals surface area contributed by atoms with E-state index < -0.39 is 11.7 Å². The molecule has 0 saturated heterocycles. The zero-order valence-corrected chi connectivity index (χ0v) is 25.9. The van der Waals surface area contributed by atoms with E-state index in [-0.39, 0.29) is 24.4 Å². The van der Waals surface area contributed by atoms with Crippen LogP contribution in [0.3, 0.4) is 0 Å². The van der Waals surface area contributed by atoms with E-state index >= 15 is 0 Å². The fraction of sp³-hybridized carbons (Fsp3) is 0.308. The SMILES string of the molecule is CCOC1=C/C=C\CC/C=C\1C#CCNC(=O)C(=O)CCCCc1ccccc1C(=O)NC1(c2ccc3ccccc3c2)CC1. The van der Waals surface area contributed by atoms with Crippen molar-refractivity contribution in [2.45, 2.75) is 63.8 Å². The molecule has 0 radical (unpaired) electrons. The molecule has 1 fully saturated rings. The van der Waals surface area contributed by atoms with Crippen LogP contribution in [0.5, 0.6) is 0 Å². The highest BCUT2D eigenvalue weighted by Gasteiger charge is 2.46. The van der Waals surface area contributed by atoms with E-state index in [1.807, 2.05) is 61.5 Å². The smallest absolute Gasteiger partial charge is 0.288 e. The van der Waals surface area contributed by atoms with E-state index in [1.165, 1.54) is 10.8 Å². The van der Waals surface area contributed by atoms with Crippen molar-refractivity contribution in [2.24, 2.45) is 0 Å². The van der Waals surface area contributed by atoms with Crippen LogP contribution in [0.15, 0.2) is 102 Å². The van der Waals surface area contributed by atoms with Gasteiger partial charge in [-0.05, 0) is 92.0 Å². The normalized spacial score (nSPS) is 18.0. The summed E-state index contributed by atoms with van der Waals surface area (Å²) in [5, 5.41) is 8.28. The van der Waals surface area contributed by atoms with Crippen LogP contribution in [0.4, 0.5) is 0 Å². The van der Waals surface area contributed by atoms with Crippen molar-refractivity contribution < 1.29 is 19.1 Å². The minimum Gasteiger partial charge on any atom is -0.493 e. The number of ketones is 1. The molecule has 45 heavy (non-hydrogen) atoms. The molecule has 3 aromatic rings. The highest BCUT2D eigenvalue weighted by atomic mass is 16.5. The second-order valence-electron chi connectivity index (χ2n) is 11.5. The maximum absolute atomic E-state index is 13.5. The minimum atomic E-state index is -0.623. The Kier molecular flexibility index (Phi) is 10.7. The summed E-state index contributed by atoms with van der Waals surface area (Å²) in [6, 6.07) is 22.3. The van der Waals surface area contributed by atoms with Crippen LogP contribution in [0.25, 0.3) is 10.8 Å². The molecule has 2 N–H and O–H groups in total. The summed E-state index contributed by atoms with van der Waals surface area (Å²) >= 11 is 0. The number of amides is 2. The van der Waals surface area contributed by atoms with Crippen LogP contribution in [0, 0.1) is 11.8 Å². The molecule has 2 aliphatic rings. The fourth-order valence-corrected chi connectivity index (χ4v) is 5.58. The van der Waals surface area contributed by atoms with Crippen LogP contribution >= 0.6 is 0 Å². The number of unbranched alkanes of at least 4 members (excludes halogenated alkanes) is 1. The molecule has 2 amide bonds. The van der Waals surface area contributed by atoms with E-state index in [4.69, 9.17) is 4.74 Å². The van der Waals surface area contributed by atoms with Gasteiger partial charge in [0.25, 0.3) is 11.8 Å². The van der Waals surface area contributed by atoms with Gasteiger partial charge in [-0.3, -0.25) is 14.4 Å². The molecule has 5 rings (SSSR count). The number of carbonyl (C=O) groups excluding carboxylic acids is 3. The lowest BCUT2D eigenvalue weighted by Crippen LogP contribution is -2.35. The first-order valence-corrected chi connectivity index (χ1v) is 15.9. The second-order valence-corrected chi connectivity index (χ2v) is 11.5. The van der Waals surface area contributed by atoms with Gasteiger partial charge in [0.15, 0.2) is 0 Å². The number of rotatable bonds is 12. The van der Waals surface area contributed by atoms with E-state index in [2.05, 4.69) is 58.9 Å². The molecule has 0 bridgehead atoms. The lowest BCUT2D eigenvalue weighted by Gasteiger charge is -2.20. The number of hydrogen-bond donors (Lipinski definition) is 2. The Hall–Kier alpha value is -4.89. The van der Waals surface area contributed by atoms with Crippen molar-refractivity contribution in [1.82, 2.24) is 10.6 Å². The van der Waals surface area contributed by atoms with Gasteiger partial charge in [-0.25, -0.2) is 0 Å². The number of aryl methyl sites for hydroxylation is 1. The number of nitrogens with one attached hydrogen (secondary N) is 2. The van der Waals surface area contributed by atoms with E-state index in [0.717, 1.165) is 42.4 Å². The van der Waals surface area contributed by atoms with Crippen molar-refractivity contribution in [2.75, 3.05) is 13.2 Å². The fourth-order valence-electron chi connectivity index (χ4n) is 5.58. The maximum atomic E-state index is 13.5. The van der Waals surface area contributed by atoms with Gasteiger partial charge in [0.05, 0.1) is 24.3 Å². The predicted molar refractivity (Wildman–Crippen MR) is 178 cm³/mol. The molecule has 3 aromatic carbocycles. The number of benzene rings is 3. The maximum Gasteiger partial charge on any atom is 0.288 e. The van der Waals surface area contributed by atoms with Gasteiger partial charge in [0.2, 0.25) is 5.78 Å². The third-order valence-corrected chi connectivity index (χ3v) is 8.21. The average Bonchev–Trinajstić information content (AvgIpc) is 3.84. The van der Waals surface area contributed by atoms with Crippen LogP contribution in [-0.4, -0.2) is 30.7 Å². The standard InChI is InChI=1S/C39H40N2O4/c1-2-45-36-22-6-4-3-5-17-31(36)19-13-27-40-38(44)35(42)21-12-10-16-30-15-9-11-20-34(30)37(43)41-39(25-26-39)33-24-23-29-14-7-8-18-32(29)28-33/h4,6-9,11,14-15,17-18,20,22-24,28H,2-3,5,10,12,16,21,25-27H2,1H3,(H,40,44)(H,41,43)/b6-4-,31-17-,36-22+. The van der Waals surface area contributed by atoms with Gasteiger partial charge in [-0.2, -0.15) is 0 Å². The number of ether oxygens (including phenoxy) is 1. The second kappa shape index (κ2) is 15.2. The molecule has 0 aromatic heterocycles. The van der Waals surface area contributed by atoms with Crippen molar-refractivity contribution >= 4 is 28.4 Å². The summed E-state index contributed by atoms with van der Waals surface area (Å²) in [7, 11) is 0. The van der Waals surface area contributed by atoms with Gasteiger partial charge in [-0.1, -0.05) is 84.7 Å². The van der Waals surface area contributed by atoms with Gasteiger partial charge < -0.3 is 15.4 Å². The molecule has 0 aliphatic heterocycles. The van der Waals surface area contributed by atoms with Gasteiger partial charge in [0, 0.05) is 12.0 Å². The highest BCUT2D eigenvalue weighted by molar-refractivity contribution is 6.36. The predicted octanol–water partition coefficient (Wildman–Crippen LogP) is 6.86. The number of fused-ring (bicyclic) bond motifs is 1. The lowest BCUT2D eigenvalue weighted by molar-refractivity contribution is -0.137. The first-order chi connectivity index (χ1) is 22.0. The summed E-state index contributed by atoms with van der Waals surface area (Å²) in [6.07, 6.45) is 13.6. The molecule has 1 saturated carbocycles. The van der Waals surface area contributed by atoms with Crippen LogP contribution in [0.2, 0.25) is 0 Å². The van der Waals surface area contributed by atoms with Crippen molar-refractivity contribution in [3.05, 3.63) is 119 Å². The molecule has 6 nitrogen and oxygen atoms in total. The van der Waals surface area contributed by atoms with E-state index in [0.29, 0.717) is 37.2 Å². The molecule has 230 valence electrons. The number of hydrogen-bond acceptors (Lipinski definition) is 4. The first kappa shape index (κ1) is 31.5. The molecule has 0 atom stereocenters. The molecular formula is C39H40N2O4. The third kappa shape index (κ3) is 8.39. The first-order valence-electron chi connectivity index (χ1n) is 15.9. The Morgan fingerprint density at radius 1 is 0.933 bits per heavy atom. The third-order valence-electron chi connectivity index (χ3n) is 8.21.